The Morgan fingerprint density at radius 1 is 0.513 bits per heavy atom. The molecule has 1 aliphatic rings. The van der Waals surface area contributed by atoms with Crippen LogP contribution in [-0.4, -0.2) is 23.1 Å². The number of rotatable bonds is 27. The third kappa shape index (κ3) is 15.1. The Labute approximate surface area is 240 Å². The summed E-state index contributed by atoms with van der Waals surface area (Å²) in [7, 11) is 0. The van der Waals surface area contributed by atoms with Gasteiger partial charge in [-0.15, -0.1) is 0 Å². The molecule has 0 heterocycles. The summed E-state index contributed by atoms with van der Waals surface area (Å²) in [4.78, 5) is 52.8. The van der Waals surface area contributed by atoms with Gasteiger partial charge >= 0.3 is 0 Å². The summed E-state index contributed by atoms with van der Waals surface area (Å²) >= 11 is 0. The third-order valence-electron chi connectivity index (χ3n) is 8.30. The Kier molecular flexibility index (Phi) is 21.0. The predicted octanol–water partition coefficient (Wildman–Crippen LogP) is 10.0. The average molecular weight is 545 g/mol. The first-order valence-corrected chi connectivity index (χ1v) is 16.8. The maximum Gasteiger partial charge on any atom is 0.167 e. The quantitative estimate of drug-likeness (QED) is 0.0762. The van der Waals surface area contributed by atoms with E-state index in [9.17, 15) is 19.2 Å². The molecule has 224 valence electrons. The van der Waals surface area contributed by atoms with Crippen molar-refractivity contribution >= 4 is 23.1 Å². The largest absolute Gasteiger partial charge is 0.299 e. The van der Waals surface area contributed by atoms with Gasteiger partial charge in [0, 0.05) is 31.3 Å². The van der Waals surface area contributed by atoms with Crippen LogP contribution in [0.3, 0.4) is 0 Å². The summed E-state index contributed by atoms with van der Waals surface area (Å²) in [6, 6.07) is 0. The molecule has 0 amide bonds. The topological polar surface area (TPSA) is 68.3 Å². The van der Waals surface area contributed by atoms with Crippen LogP contribution in [0, 0.1) is 5.92 Å². The number of ketones is 4. The molecule has 0 fully saturated rings. The molecule has 39 heavy (non-hydrogen) atoms. The molecule has 1 unspecified atom stereocenters. The number of carbonyl (C=O) groups excluding carboxylic acids is 4. The van der Waals surface area contributed by atoms with Crippen LogP contribution in [-0.2, 0) is 19.2 Å². The molecule has 1 atom stereocenters. The van der Waals surface area contributed by atoms with Crippen LogP contribution in [0.15, 0.2) is 11.1 Å². The van der Waals surface area contributed by atoms with E-state index in [0.29, 0.717) is 19.3 Å². The van der Waals surface area contributed by atoms with Gasteiger partial charge in [-0.3, -0.25) is 19.2 Å². The van der Waals surface area contributed by atoms with E-state index in [1.54, 1.807) is 0 Å². The van der Waals surface area contributed by atoms with E-state index in [0.717, 1.165) is 57.8 Å². The first-order chi connectivity index (χ1) is 19.0. The molecule has 0 aliphatic heterocycles. The highest BCUT2D eigenvalue weighted by atomic mass is 16.2. The zero-order valence-electron chi connectivity index (χ0n) is 25.9. The second-order valence-electron chi connectivity index (χ2n) is 11.9. The van der Waals surface area contributed by atoms with Crippen LogP contribution in [0.2, 0.25) is 0 Å². The van der Waals surface area contributed by atoms with E-state index in [1.165, 1.54) is 77.0 Å². The SMILES string of the molecule is CCCCCCCCCC(=O)C1=C(C(=O)CCCCCCCCC)C(C(=O)CCCCCCCCC)CC1=O. The summed E-state index contributed by atoms with van der Waals surface area (Å²) in [5.74, 6) is -1.32. The number of allylic oxidation sites excluding steroid dienone is 2. The van der Waals surface area contributed by atoms with Gasteiger partial charge in [0.1, 0.15) is 5.78 Å². The van der Waals surface area contributed by atoms with Gasteiger partial charge in [0.05, 0.1) is 11.5 Å². The fraction of sp³-hybridized carbons (Fsp3) is 0.829. The van der Waals surface area contributed by atoms with Gasteiger partial charge in [-0.25, -0.2) is 0 Å². The van der Waals surface area contributed by atoms with E-state index in [2.05, 4.69) is 20.8 Å². The summed E-state index contributed by atoms with van der Waals surface area (Å²) in [6.45, 7) is 6.60. The van der Waals surface area contributed by atoms with Crippen LogP contribution in [0.4, 0.5) is 0 Å². The first kappa shape index (κ1) is 35.4. The van der Waals surface area contributed by atoms with Crippen molar-refractivity contribution in [1.29, 1.82) is 0 Å². The lowest BCUT2D eigenvalue weighted by Gasteiger charge is -2.14. The molecule has 0 spiro atoms. The van der Waals surface area contributed by atoms with E-state index >= 15 is 0 Å². The minimum atomic E-state index is -0.692. The standard InChI is InChI=1S/C35H60O4/c1-4-7-10-13-16-19-22-25-30(36)29-28-33(39)35(32(38)27-24-21-18-15-12-9-6-3)34(29)31(37)26-23-20-17-14-11-8-5-2/h29H,4-28H2,1-3H3. The lowest BCUT2D eigenvalue weighted by atomic mass is 9.87. The molecule has 0 N–H and O–H groups in total. The second kappa shape index (κ2) is 23.2. The van der Waals surface area contributed by atoms with Crippen molar-refractivity contribution in [2.75, 3.05) is 0 Å². The maximum absolute atomic E-state index is 13.4. The van der Waals surface area contributed by atoms with E-state index in [4.69, 9.17) is 0 Å². The molecule has 1 rings (SSSR count). The van der Waals surface area contributed by atoms with Crippen molar-refractivity contribution in [1.82, 2.24) is 0 Å². The molecule has 1 aliphatic carbocycles. The third-order valence-corrected chi connectivity index (χ3v) is 8.30. The van der Waals surface area contributed by atoms with Crippen molar-refractivity contribution < 1.29 is 19.2 Å². The molecule has 0 aromatic rings. The number of Topliss-reactive ketones (excluding diaryl/α,β-unsaturated/α-hetero) is 4. The summed E-state index contributed by atoms with van der Waals surface area (Å²) in [5, 5.41) is 0. The fourth-order valence-corrected chi connectivity index (χ4v) is 5.80. The van der Waals surface area contributed by atoms with Crippen LogP contribution in [0.1, 0.15) is 181 Å². The number of carbonyl (C=O) groups is 4. The predicted molar refractivity (Wildman–Crippen MR) is 163 cm³/mol. The van der Waals surface area contributed by atoms with Gasteiger partial charge in [0.15, 0.2) is 17.3 Å². The molecular formula is C35H60O4. The number of unbranched alkanes of at least 4 members (excludes halogenated alkanes) is 18. The smallest absolute Gasteiger partial charge is 0.167 e. The average Bonchev–Trinajstić information content (AvgIpc) is 3.28. The molecular weight excluding hydrogens is 484 g/mol. The molecule has 0 bridgehead atoms. The number of hydrogen-bond donors (Lipinski definition) is 0. The Bertz CT molecular complexity index is 748. The van der Waals surface area contributed by atoms with Crippen LogP contribution < -0.4 is 0 Å². The highest BCUT2D eigenvalue weighted by Gasteiger charge is 2.41. The monoisotopic (exact) mass is 544 g/mol. The zero-order chi connectivity index (χ0) is 28.7. The first-order valence-electron chi connectivity index (χ1n) is 16.8. The minimum Gasteiger partial charge on any atom is -0.299 e. The van der Waals surface area contributed by atoms with Crippen LogP contribution in [0.25, 0.3) is 0 Å². The van der Waals surface area contributed by atoms with Crippen molar-refractivity contribution in [3.8, 4) is 0 Å². The van der Waals surface area contributed by atoms with Crippen molar-refractivity contribution in [3.05, 3.63) is 11.1 Å². The maximum atomic E-state index is 13.4. The Morgan fingerprint density at radius 2 is 0.872 bits per heavy atom. The van der Waals surface area contributed by atoms with Gasteiger partial charge in [-0.1, -0.05) is 136 Å². The molecule has 4 heteroatoms. The molecule has 0 saturated heterocycles. The highest BCUT2D eigenvalue weighted by Crippen LogP contribution is 2.35. The Morgan fingerprint density at radius 3 is 1.31 bits per heavy atom. The second-order valence-corrected chi connectivity index (χ2v) is 11.9. The van der Waals surface area contributed by atoms with Gasteiger partial charge in [-0.2, -0.15) is 0 Å². The van der Waals surface area contributed by atoms with Gasteiger partial charge < -0.3 is 0 Å². The minimum absolute atomic E-state index is 0.0152. The van der Waals surface area contributed by atoms with Crippen LogP contribution >= 0.6 is 0 Å². The fourth-order valence-electron chi connectivity index (χ4n) is 5.80. The van der Waals surface area contributed by atoms with Gasteiger partial charge in [-0.05, 0) is 19.3 Å². The summed E-state index contributed by atoms with van der Waals surface area (Å²) < 4.78 is 0. The highest BCUT2D eigenvalue weighted by molar-refractivity contribution is 6.29. The lowest BCUT2D eigenvalue weighted by molar-refractivity contribution is -0.126. The molecule has 0 saturated carbocycles. The Hall–Kier alpha value is -1.58. The van der Waals surface area contributed by atoms with Gasteiger partial charge in [0.25, 0.3) is 0 Å². The summed E-state index contributed by atoms with van der Waals surface area (Å²) in [6.07, 6.45) is 24.3. The zero-order valence-corrected chi connectivity index (χ0v) is 25.9. The lowest BCUT2D eigenvalue weighted by Crippen LogP contribution is -2.20. The van der Waals surface area contributed by atoms with Gasteiger partial charge in [0.2, 0.25) is 0 Å². The summed E-state index contributed by atoms with van der Waals surface area (Å²) in [5.41, 5.74) is 0.374. The number of hydrogen-bond acceptors (Lipinski definition) is 4. The van der Waals surface area contributed by atoms with Crippen molar-refractivity contribution in [3.63, 3.8) is 0 Å². The molecule has 4 nitrogen and oxygen atoms in total. The van der Waals surface area contributed by atoms with E-state index in [1.807, 2.05) is 0 Å². The van der Waals surface area contributed by atoms with Crippen molar-refractivity contribution in [2.24, 2.45) is 5.92 Å². The molecule has 0 aromatic carbocycles. The Balaban J connectivity index is 2.76. The molecule has 0 radical (unpaired) electrons. The molecule has 0 aromatic heterocycles. The van der Waals surface area contributed by atoms with Crippen LogP contribution in [0.5, 0.6) is 0 Å². The van der Waals surface area contributed by atoms with E-state index in [-0.39, 0.29) is 40.7 Å². The normalized spacial score (nSPS) is 15.4. The van der Waals surface area contributed by atoms with E-state index < -0.39 is 5.92 Å². The van der Waals surface area contributed by atoms with Crippen molar-refractivity contribution in [2.45, 2.75) is 181 Å².